The summed E-state index contributed by atoms with van der Waals surface area (Å²) in [5.74, 6) is -0.416. The average Bonchev–Trinajstić information content (AvgIpc) is 2.47. The van der Waals surface area contributed by atoms with Crippen molar-refractivity contribution in [1.82, 2.24) is 4.98 Å². The third kappa shape index (κ3) is 3.44. The van der Waals surface area contributed by atoms with Crippen LogP contribution in [0, 0.1) is 5.82 Å². The molecule has 0 aliphatic rings. The summed E-state index contributed by atoms with van der Waals surface area (Å²) in [6, 6.07) is 13.8. The Morgan fingerprint density at radius 3 is 2.30 bits per heavy atom. The molecule has 0 radical (unpaired) electrons. The van der Waals surface area contributed by atoms with Gasteiger partial charge >= 0.3 is 0 Å². The zero-order valence-corrected chi connectivity index (χ0v) is 13.7. The van der Waals surface area contributed by atoms with Crippen molar-refractivity contribution in [3.8, 4) is 11.3 Å². The number of aromatic nitrogens is 1. The van der Waals surface area contributed by atoms with Gasteiger partial charge in [-0.15, -0.1) is 12.4 Å². The second-order valence-electron chi connectivity index (χ2n) is 6.04. The third-order valence-corrected chi connectivity index (χ3v) is 3.75. The fourth-order valence-electron chi connectivity index (χ4n) is 2.47. The first kappa shape index (κ1) is 17.2. The van der Waals surface area contributed by atoms with E-state index in [2.05, 4.69) is 4.98 Å². The molecule has 5 heteroatoms. The molecule has 120 valence electrons. The van der Waals surface area contributed by atoms with Gasteiger partial charge in [-0.3, -0.25) is 4.79 Å². The normalized spacial score (nSPS) is 11.3. The molecule has 0 saturated carbocycles. The van der Waals surface area contributed by atoms with Gasteiger partial charge in [-0.25, -0.2) is 4.39 Å². The highest BCUT2D eigenvalue weighted by molar-refractivity contribution is 5.85. The van der Waals surface area contributed by atoms with Gasteiger partial charge in [-0.1, -0.05) is 30.3 Å². The molecule has 1 aromatic heterocycles. The zero-order chi connectivity index (χ0) is 15.9. The number of H-pyrrole nitrogens is 1. The second kappa shape index (κ2) is 6.14. The molecule has 0 saturated heterocycles. The molecular weight excluding hydrogens is 315 g/mol. The Hall–Kier alpha value is -2.17. The van der Waals surface area contributed by atoms with Crippen LogP contribution < -0.4 is 11.3 Å². The smallest absolute Gasteiger partial charge is 0.256 e. The minimum atomic E-state index is -0.416. The lowest BCUT2D eigenvalue weighted by Gasteiger charge is -2.19. The zero-order valence-electron chi connectivity index (χ0n) is 12.9. The summed E-state index contributed by atoms with van der Waals surface area (Å²) in [5.41, 5.74) is 7.96. The third-order valence-electron chi connectivity index (χ3n) is 3.75. The van der Waals surface area contributed by atoms with E-state index in [4.69, 9.17) is 5.73 Å². The predicted molar refractivity (Wildman–Crippen MR) is 94.4 cm³/mol. The number of halogens is 2. The average molecular weight is 333 g/mol. The summed E-state index contributed by atoms with van der Waals surface area (Å²) in [6.07, 6.45) is 0. The van der Waals surface area contributed by atoms with Crippen molar-refractivity contribution in [3.63, 3.8) is 0 Å². The van der Waals surface area contributed by atoms with E-state index in [1.165, 1.54) is 12.1 Å². The minimum absolute atomic E-state index is 0. The Labute approximate surface area is 139 Å². The molecule has 3 rings (SSSR count). The van der Waals surface area contributed by atoms with E-state index in [1.54, 1.807) is 6.07 Å². The van der Waals surface area contributed by atoms with E-state index < -0.39 is 11.4 Å². The lowest BCUT2D eigenvalue weighted by Crippen LogP contribution is -2.28. The summed E-state index contributed by atoms with van der Waals surface area (Å²) in [5, 5.41) is 1.06. The molecule has 23 heavy (non-hydrogen) atoms. The van der Waals surface area contributed by atoms with Crippen molar-refractivity contribution in [1.29, 1.82) is 0 Å². The fraction of sp³-hybridized carbons (Fsp3) is 0.167. The van der Waals surface area contributed by atoms with Crippen LogP contribution in [0.1, 0.15) is 19.4 Å². The first-order valence-electron chi connectivity index (χ1n) is 7.07. The van der Waals surface area contributed by atoms with Crippen molar-refractivity contribution >= 4 is 23.2 Å². The lowest BCUT2D eigenvalue weighted by atomic mass is 9.94. The minimum Gasteiger partial charge on any atom is -0.322 e. The SMILES string of the molecule is CC(C)(N)c1ccc(-c2cc3ccc(F)cc3c(=O)[nH]2)cc1.Cl. The molecule has 0 aliphatic heterocycles. The first-order chi connectivity index (χ1) is 10.3. The van der Waals surface area contributed by atoms with Gasteiger partial charge in [0.05, 0.1) is 0 Å². The van der Waals surface area contributed by atoms with Crippen molar-refractivity contribution in [3.05, 3.63) is 70.3 Å². The van der Waals surface area contributed by atoms with E-state index in [1.807, 2.05) is 44.2 Å². The Kier molecular flexibility index (Phi) is 4.59. The quantitative estimate of drug-likeness (QED) is 0.746. The van der Waals surface area contributed by atoms with Crippen LogP contribution in [-0.2, 0) is 5.54 Å². The highest BCUT2D eigenvalue weighted by Crippen LogP contribution is 2.23. The van der Waals surface area contributed by atoms with E-state index >= 15 is 0 Å². The Bertz CT molecular complexity index is 896. The van der Waals surface area contributed by atoms with Crippen LogP contribution in [0.2, 0.25) is 0 Å². The highest BCUT2D eigenvalue weighted by atomic mass is 35.5. The molecule has 0 aliphatic carbocycles. The van der Waals surface area contributed by atoms with Crippen molar-refractivity contribution in [2.45, 2.75) is 19.4 Å². The van der Waals surface area contributed by atoms with Gasteiger partial charge in [0.25, 0.3) is 5.56 Å². The standard InChI is InChI=1S/C18H17FN2O.ClH/c1-18(2,20)13-6-3-11(4-7-13)16-9-12-5-8-14(19)10-15(12)17(22)21-16;/h3-10H,20H2,1-2H3,(H,21,22);1H. The number of fused-ring (bicyclic) bond motifs is 1. The van der Waals surface area contributed by atoms with E-state index in [9.17, 15) is 9.18 Å². The second-order valence-corrected chi connectivity index (χ2v) is 6.04. The maximum atomic E-state index is 13.2. The summed E-state index contributed by atoms with van der Waals surface area (Å²) in [6.45, 7) is 3.88. The maximum absolute atomic E-state index is 13.2. The summed E-state index contributed by atoms with van der Waals surface area (Å²) < 4.78 is 13.2. The molecule has 1 heterocycles. The first-order valence-corrected chi connectivity index (χ1v) is 7.07. The van der Waals surface area contributed by atoms with E-state index in [0.29, 0.717) is 16.5 Å². The van der Waals surface area contributed by atoms with Crippen molar-refractivity contribution < 1.29 is 4.39 Å². The molecule has 2 aromatic carbocycles. The Morgan fingerprint density at radius 2 is 1.70 bits per heavy atom. The van der Waals surface area contributed by atoms with Crippen LogP contribution in [0.25, 0.3) is 22.0 Å². The molecule has 0 amide bonds. The summed E-state index contributed by atoms with van der Waals surface area (Å²) in [7, 11) is 0. The molecule has 0 unspecified atom stereocenters. The van der Waals surface area contributed by atoms with Gasteiger partial charge in [0.15, 0.2) is 0 Å². The Balaban J connectivity index is 0.00000192. The number of hydrogen-bond donors (Lipinski definition) is 2. The number of hydrogen-bond acceptors (Lipinski definition) is 2. The number of benzene rings is 2. The van der Waals surface area contributed by atoms with Crippen LogP contribution >= 0.6 is 12.4 Å². The van der Waals surface area contributed by atoms with Crippen LogP contribution in [-0.4, -0.2) is 4.98 Å². The number of aromatic amines is 1. The van der Waals surface area contributed by atoms with Crippen LogP contribution in [0.3, 0.4) is 0 Å². The monoisotopic (exact) mass is 332 g/mol. The van der Waals surface area contributed by atoms with Crippen LogP contribution in [0.4, 0.5) is 4.39 Å². The molecule has 0 atom stereocenters. The number of nitrogens with two attached hydrogens (primary N) is 1. The molecule has 0 fully saturated rings. The number of nitrogens with one attached hydrogen (secondary N) is 1. The Morgan fingerprint density at radius 1 is 1.04 bits per heavy atom. The largest absolute Gasteiger partial charge is 0.322 e. The topological polar surface area (TPSA) is 58.9 Å². The van der Waals surface area contributed by atoms with E-state index in [-0.39, 0.29) is 18.0 Å². The van der Waals surface area contributed by atoms with Gasteiger partial charge in [0.2, 0.25) is 0 Å². The van der Waals surface area contributed by atoms with Gasteiger partial charge < -0.3 is 10.7 Å². The van der Waals surface area contributed by atoms with E-state index in [0.717, 1.165) is 11.1 Å². The number of rotatable bonds is 2. The van der Waals surface area contributed by atoms with Gasteiger partial charge in [0.1, 0.15) is 5.82 Å². The summed E-state index contributed by atoms with van der Waals surface area (Å²) >= 11 is 0. The molecule has 0 spiro atoms. The molecule has 3 nitrogen and oxygen atoms in total. The highest BCUT2D eigenvalue weighted by Gasteiger charge is 2.14. The van der Waals surface area contributed by atoms with Crippen molar-refractivity contribution in [2.24, 2.45) is 5.73 Å². The van der Waals surface area contributed by atoms with Crippen LogP contribution in [0.15, 0.2) is 53.3 Å². The predicted octanol–water partition coefficient (Wildman–Crippen LogP) is 3.95. The molecule has 3 N–H and O–H groups in total. The molecule has 3 aromatic rings. The van der Waals surface area contributed by atoms with Gasteiger partial charge in [0, 0.05) is 16.6 Å². The van der Waals surface area contributed by atoms with Crippen LogP contribution in [0.5, 0.6) is 0 Å². The lowest BCUT2D eigenvalue weighted by molar-refractivity contribution is 0.554. The van der Waals surface area contributed by atoms with Gasteiger partial charge in [-0.2, -0.15) is 0 Å². The summed E-state index contributed by atoms with van der Waals surface area (Å²) in [4.78, 5) is 14.9. The van der Waals surface area contributed by atoms with Crippen molar-refractivity contribution in [2.75, 3.05) is 0 Å². The number of pyridine rings is 1. The fourth-order valence-corrected chi connectivity index (χ4v) is 2.47. The van der Waals surface area contributed by atoms with Gasteiger partial charge in [-0.05, 0) is 48.6 Å². The molecule has 0 bridgehead atoms. The molecular formula is C18H18ClFN2O. The maximum Gasteiger partial charge on any atom is 0.256 e.